The summed E-state index contributed by atoms with van der Waals surface area (Å²) in [6.45, 7) is 7.61. The van der Waals surface area contributed by atoms with Gasteiger partial charge in [0.15, 0.2) is 0 Å². The van der Waals surface area contributed by atoms with E-state index < -0.39 is 10.0 Å². The Morgan fingerprint density at radius 2 is 1.75 bits per heavy atom. The highest BCUT2D eigenvalue weighted by Crippen LogP contribution is 2.24. The standard InChI is InChI=1S/C19H30N4O3S.ClH/c1-15(16-4-6-18(7-5-16)27(25,26)21(2)3)19(24)23-11-8-17(14-23)22-12-9-20-10-13-22;/h4-7,15,17,20H,8-14H2,1-3H3;1H. The molecule has 2 atom stereocenters. The largest absolute Gasteiger partial charge is 0.341 e. The lowest BCUT2D eigenvalue weighted by Gasteiger charge is -2.32. The van der Waals surface area contributed by atoms with Crippen LogP contribution in [0.4, 0.5) is 0 Å². The third-order valence-corrected chi connectivity index (χ3v) is 7.50. The summed E-state index contributed by atoms with van der Waals surface area (Å²) in [5.41, 5.74) is 0.850. The van der Waals surface area contributed by atoms with Gasteiger partial charge in [-0.15, -0.1) is 12.4 Å². The van der Waals surface area contributed by atoms with Crippen molar-refractivity contribution < 1.29 is 13.2 Å². The molecule has 158 valence electrons. The fraction of sp³-hybridized carbons (Fsp3) is 0.632. The van der Waals surface area contributed by atoms with Crippen LogP contribution in [0.5, 0.6) is 0 Å². The summed E-state index contributed by atoms with van der Waals surface area (Å²) < 4.78 is 25.6. The molecule has 0 aromatic heterocycles. The minimum absolute atomic E-state index is 0. The van der Waals surface area contributed by atoms with Crippen LogP contribution < -0.4 is 5.32 Å². The zero-order valence-electron chi connectivity index (χ0n) is 16.8. The minimum Gasteiger partial charge on any atom is -0.341 e. The molecular weight excluding hydrogens is 400 g/mol. The van der Waals surface area contributed by atoms with Gasteiger partial charge >= 0.3 is 0 Å². The molecule has 2 fully saturated rings. The molecule has 1 aromatic carbocycles. The predicted molar refractivity (Wildman–Crippen MR) is 112 cm³/mol. The number of carbonyl (C=O) groups is 1. The Hall–Kier alpha value is -1.19. The number of likely N-dealkylation sites (tertiary alicyclic amines) is 1. The van der Waals surface area contributed by atoms with Gasteiger partial charge in [-0.3, -0.25) is 9.69 Å². The van der Waals surface area contributed by atoms with Gasteiger partial charge in [0.2, 0.25) is 15.9 Å². The average molecular weight is 431 g/mol. The summed E-state index contributed by atoms with van der Waals surface area (Å²) in [5, 5.41) is 3.37. The third-order valence-electron chi connectivity index (χ3n) is 5.67. The summed E-state index contributed by atoms with van der Waals surface area (Å²) in [7, 11) is -0.425. The van der Waals surface area contributed by atoms with Crippen LogP contribution in [0.1, 0.15) is 24.8 Å². The Morgan fingerprint density at radius 1 is 1.14 bits per heavy atom. The number of amides is 1. The van der Waals surface area contributed by atoms with Crippen molar-refractivity contribution in [3.63, 3.8) is 0 Å². The van der Waals surface area contributed by atoms with Gasteiger partial charge in [-0.2, -0.15) is 0 Å². The molecule has 7 nitrogen and oxygen atoms in total. The Morgan fingerprint density at radius 3 is 2.32 bits per heavy atom. The molecule has 1 aromatic rings. The second-order valence-corrected chi connectivity index (χ2v) is 9.74. The van der Waals surface area contributed by atoms with Gasteiger partial charge in [0.25, 0.3) is 0 Å². The zero-order valence-corrected chi connectivity index (χ0v) is 18.4. The number of benzene rings is 1. The molecule has 2 heterocycles. The summed E-state index contributed by atoms with van der Waals surface area (Å²) in [4.78, 5) is 17.6. The zero-order chi connectivity index (χ0) is 19.6. The van der Waals surface area contributed by atoms with E-state index in [-0.39, 0.29) is 29.1 Å². The van der Waals surface area contributed by atoms with Crippen molar-refractivity contribution in [2.45, 2.75) is 30.2 Å². The monoisotopic (exact) mass is 430 g/mol. The van der Waals surface area contributed by atoms with Crippen LogP contribution in [0.2, 0.25) is 0 Å². The van der Waals surface area contributed by atoms with E-state index >= 15 is 0 Å². The highest BCUT2D eigenvalue weighted by atomic mass is 35.5. The third kappa shape index (κ3) is 4.86. The molecule has 9 heteroatoms. The second kappa shape index (κ2) is 9.54. The van der Waals surface area contributed by atoms with E-state index in [4.69, 9.17) is 0 Å². The summed E-state index contributed by atoms with van der Waals surface area (Å²) >= 11 is 0. The minimum atomic E-state index is -3.45. The Balaban J connectivity index is 0.00000280. The van der Waals surface area contributed by atoms with Gasteiger partial charge in [-0.05, 0) is 31.0 Å². The molecule has 1 N–H and O–H groups in total. The first-order valence-corrected chi connectivity index (χ1v) is 11.0. The molecular formula is C19H31ClN4O3S. The van der Waals surface area contributed by atoms with Crippen LogP contribution in [0.25, 0.3) is 0 Å². The van der Waals surface area contributed by atoms with Gasteiger partial charge in [0.1, 0.15) is 0 Å². The van der Waals surface area contributed by atoms with Gasteiger partial charge < -0.3 is 10.2 Å². The van der Waals surface area contributed by atoms with Crippen LogP contribution >= 0.6 is 12.4 Å². The van der Waals surface area contributed by atoms with Crippen LogP contribution in [0.15, 0.2) is 29.2 Å². The molecule has 0 saturated carbocycles. The van der Waals surface area contributed by atoms with Crippen molar-refractivity contribution in [3.8, 4) is 0 Å². The van der Waals surface area contributed by atoms with Gasteiger partial charge in [-0.1, -0.05) is 12.1 Å². The summed E-state index contributed by atoms with van der Waals surface area (Å²) in [6, 6.07) is 7.13. The number of hydrogen-bond donors (Lipinski definition) is 1. The Bertz CT molecular complexity index is 764. The molecule has 0 bridgehead atoms. The molecule has 2 aliphatic heterocycles. The number of piperazine rings is 1. The Labute approximate surface area is 174 Å². The SMILES string of the molecule is CC(C(=O)N1CCC(N2CCNCC2)C1)c1ccc(S(=O)(=O)N(C)C)cc1.Cl. The number of halogens is 1. The fourth-order valence-corrected chi connectivity index (χ4v) is 4.74. The van der Waals surface area contributed by atoms with E-state index in [1.54, 1.807) is 24.3 Å². The molecule has 2 saturated heterocycles. The first-order chi connectivity index (χ1) is 12.8. The fourth-order valence-electron chi connectivity index (χ4n) is 3.84. The van der Waals surface area contributed by atoms with Crippen molar-refractivity contribution in [2.24, 2.45) is 0 Å². The summed E-state index contributed by atoms with van der Waals surface area (Å²) in [5.74, 6) is -0.154. The molecule has 0 radical (unpaired) electrons. The summed E-state index contributed by atoms with van der Waals surface area (Å²) in [6.07, 6.45) is 1.03. The van der Waals surface area contributed by atoms with E-state index in [9.17, 15) is 13.2 Å². The molecule has 2 aliphatic rings. The van der Waals surface area contributed by atoms with E-state index in [2.05, 4.69) is 10.2 Å². The molecule has 0 spiro atoms. The maximum Gasteiger partial charge on any atom is 0.242 e. The van der Waals surface area contributed by atoms with Crippen molar-refractivity contribution in [1.29, 1.82) is 0 Å². The number of sulfonamides is 1. The lowest BCUT2D eigenvalue weighted by atomic mass is 10.00. The van der Waals surface area contributed by atoms with E-state index in [1.807, 2.05) is 11.8 Å². The smallest absolute Gasteiger partial charge is 0.242 e. The molecule has 3 rings (SSSR count). The quantitative estimate of drug-likeness (QED) is 0.753. The number of carbonyl (C=O) groups excluding carboxylic acids is 1. The number of hydrogen-bond acceptors (Lipinski definition) is 5. The highest BCUT2D eigenvalue weighted by Gasteiger charge is 2.33. The van der Waals surface area contributed by atoms with Crippen molar-refractivity contribution >= 4 is 28.3 Å². The van der Waals surface area contributed by atoms with E-state index in [0.29, 0.717) is 6.04 Å². The lowest BCUT2D eigenvalue weighted by molar-refractivity contribution is -0.131. The van der Waals surface area contributed by atoms with Crippen LogP contribution in [0, 0.1) is 0 Å². The first kappa shape index (κ1) is 23.1. The van der Waals surface area contributed by atoms with Crippen LogP contribution in [-0.2, 0) is 14.8 Å². The highest BCUT2D eigenvalue weighted by molar-refractivity contribution is 7.89. The predicted octanol–water partition coefficient (Wildman–Crippen LogP) is 0.968. The van der Waals surface area contributed by atoms with Crippen LogP contribution in [0.3, 0.4) is 0 Å². The molecule has 28 heavy (non-hydrogen) atoms. The van der Waals surface area contributed by atoms with Gasteiger partial charge in [0, 0.05) is 59.4 Å². The maximum atomic E-state index is 12.9. The number of rotatable bonds is 5. The van der Waals surface area contributed by atoms with Crippen molar-refractivity contribution in [2.75, 3.05) is 53.4 Å². The number of nitrogens with one attached hydrogen (secondary N) is 1. The van der Waals surface area contributed by atoms with Crippen molar-refractivity contribution in [3.05, 3.63) is 29.8 Å². The van der Waals surface area contributed by atoms with Crippen molar-refractivity contribution in [1.82, 2.24) is 19.4 Å². The maximum absolute atomic E-state index is 12.9. The topological polar surface area (TPSA) is 73.0 Å². The average Bonchev–Trinajstić information content (AvgIpc) is 3.17. The molecule has 2 unspecified atom stereocenters. The first-order valence-electron chi connectivity index (χ1n) is 9.56. The normalized spacial score (nSPS) is 22.1. The lowest BCUT2D eigenvalue weighted by Crippen LogP contribution is -2.49. The molecule has 1 amide bonds. The second-order valence-electron chi connectivity index (χ2n) is 7.59. The van der Waals surface area contributed by atoms with E-state index in [1.165, 1.54) is 18.4 Å². The van der Waals surface area contributed by atoms with E-state index in [0.717, 1.165) is 51.3 Å². The Kier molecular flexibility index (Phi) is 7.87. The van der Waals surface area contributed by atoms with Gasteiger partial charge in [-0.25, -0.2) is 12.7 Å². The number of nitrogens with zero attached hydrogens (tertiary/aromatic N) is 3. The molecule has 0 aliphatic carbocycles. The van der Waals surface area contributed by atoms with Gasteiger partial charge in [0.05, 0.1) is 10.8 Å². The van der Waals surface area contributed by atoms with Crippen LogP contribution in [-0.4, -0.2) is 87.8 Å².